The van der Waals surface area contributed by atoms with Gasteiger partial charge in [-0.25, -0.2) is 0 Å². The van der Waals surface area contributed by atoms with Crippen LogP contribution in [0.25, 0.3) is 0 Å². The third-order valence-electron chi connectivity index (χ3n) is 3.05. The molecule has 19 heavy (non-hydrogen) atoms. The van der Waals surface area contributed by atoms with Crippen molar-refractivity contribution in [1.29, 1.82) is 0 Å². The van der Waals surface area contributed by atoms with E-state index in [-0.39, 0.29) is 12.1 Å². The molecule has 4 N–H and O–H groups in total. The summed E-state index contributed by atoms with van der Waals surface area (Å²) in [6.07, 6.45) is 3.10. The van der Waals surface area contributed by atoms with Crippen molar-refractivity contribution in [2.24, 2.45) is 11.5 Å². The average molecular weight is 258 g/mol. The first-order chi connectivity index (χ1) is 8.99. The predicted octanol–water partition coefficient (Wildman–Crippen LogP) is 1.23. The maximum atomic E-state index is 11.1. The molecule has 1 heterocycles. The molecule has 0 spiro atoms. The molecular formula is C14H18N4O. The summed E-state index contributed by atoms with van der Waals surface area (Å²) >= 11 is 0. The van der Waals surface area contributed by atoms with E-state index in [4.69, 9.17) is 11.5 Å². The molecule has 5 heteroatoms. The molecule has 1 amide bonds. The van der Waals surface area contributed by atoms with E-state index in [9.17, 15) is 4.79 Å². The largest absolute Gasteiger partial charge is 0.366 e. The molecule has 0 saturated heterocycles. The Bertz CT molecular complexity index is 589. The molecule has 0 fully saturated rings. The minimum Gasteiger partial charge on any atom is -0.366 e. The zero-order valence-electron chi connectivity index (χ0n) is 11.1. The van der Waals surface area contributed by atoms with Crippen molar-refractivity contribution in [3.05, 3.63) is 53.3 Å². The molecule has 0 aliphatic carbocycles. The zero-order chi connectivity index (χ0) is 14.0. The minimum absolute atomic E-state index is 0.118. The highest BCUT2D eigenvalue weighted by atomic mass is 16.1. The van der Waals surface area contributed by atoms with Gasteiger partial charge in [0.05, 0.1) is 17.8 Å². The summed E-state index contributed by atoms with van der Waals surface area (Å²) in [7, 11) is 0. The fraction of sp³-hybridized carbons (Fsp3) is 0.286. The van der Waals surface area contributed by atoms with Crippen LogP contribution in [0.3, 0.4) is 0 Å². The molecule has 0 aliphatic heterocycles. The Morgan fingerprint density at radius 1 is 1.42 bits per heavy atom. The Morgan fingerprint density at radius 2 is 2.16 bits per heavy atom. The summed E-state index contributed by atoms with van der Waals surface area (Å²) in [5, 5.41) is 4.20. The number of aromatic nitrogens is 2. The number of nitrogens with two attached hydrogens (primary N) is 2. The predicted molar refractivity (Wildman–Crippen MR) is 73.7 cm³/mol. The third-order valence-corrected chi connectivity index (χ3v) is 3.05. The van der Waals surface area contributed by atoms with Crippen LogP contribution in [0, 0.1) is 6.92 Å². The first-order valence-electron chi connectivity index (χ1n) is 6.15. The Hall–Kier alpha value is -2.14. The summed E-state index contributed by atoms with van der Waals surface area (Å²) in [6.45, 7) is 3.94. The average Bonchev–Trinajstić information content (AvgIpc) is 2.78. The molecule has 0 radical (unpaired) electrons. The summed E-state index contributed by atoms with van der Waals surface area (Å²) in [5.41, 5.74) is 13.9. The van der Waals surface area contributed by atoms with Gasteiger partial charge in [-0.3, -0.25) is 9.48 Å². The molecule has 1 aromatic carbocycles. The molecule has 100 valence electrons. The van der Waals surface area contributed by atoms with Gasteiger partial charge in [0, 0.05) is 12.2 Å². The van der Waals surface area contributed by atoms with E-state index >= 15 is 0 Å². The van der Waals surface area contributed by atoms with Gasteiger partial charge in [0.1, 0.15) is 0 Å². The topological polar surface area (TPSA) is 86.9 Å². The van der Waals surface area contributed by atoms with Gasteiger partial charge >= 0.3 is 0 Å². The first kappa shape index (κ1) is 13.3. The van der Waals surface area contributed by atoms with Crippen molar-refractivity contribution < 1.29 is 4.79 Å². The standard InChI is InChI=1S/C14H18N4O/c1-9-4-3-5-11(6-9)13(10(2)15)18-8-12(7-17-18)14(16)19/h3-8,10,13H,15H2,1-2H3,(H2,16,19). The van der Waals surface area contributed by atoms with Crippen LogP contribution >= 0.6 is 0 Å². The summed E-state index contributed by atoms with van der Waals surface area (Å²) in [5.74, 6) is -0.487. The Morgan fingerprint density at radius 3 is 2.68 bits per heavy atom. The lowest BCUT2D eigenvalue weighted by molar-refractivity contribution is 0.1000. The molecule has 2 atom stereocenters. The van der Waals surface area contributed by atoms with E-state index in [1.807, 2.05) is 32.0 Å². The lowest BCUT2D eigenvalue weighted by Crippen LogP contribution is -2.30. The number of carbonyl (C=O) groups is 1. The van der Waals surface area contributed by atoms with Gasteiger partial charge in [-0.2, -0.15) is 5.10 Å². The molecule has 0 saturated carbocycles. The molecule has 2 unspecified atom stereocenters. The fourth-order valence-corrected chi connectivity index (χ4v) is 2.17. The molecule has 5 nitrogen and oxygen atoms in total. The highest BCUT2D eigenvalue weighted by Crippen LogP contribution is 2.21. The number of hydrogen-bond acceptors (Lipinski definition) is 3. The number of nitrogens with zero attached hydrogens (tertiary/aromatic N) is 2. The number of hydrogen-bond donors (Lipinski definition) is 2. The van der Waals surface area contributed by atoms with Gasteiger partial charge in [0.2, 0.25) is 0 Å². The van der Waals surface area contributed by atoms with Crippen LogP contribution in [0.5, 0.6) is 0 Å². The second-order valence-corrected chi connectivity index (χ2v) is 4.79. The quantitative estimate of drug-likeness (QED) is 0.864. The van der Waals surface area contributed by atoms with Gasteiger partial charge in [-0.1, -0.05) is 29.8 Å². The summed E-state index contributed by atoms with van der Waals surface area (Å²) in [6, 6.07) is 7.83. The maximum absolute atomic E-state index is 11.1. The lowest BCUT2D eigenvalue weighted by atomic mass is 9.99. The Balaban J connectivity index is 2.42. The minimum atomic E-state index is -0.487. The number of primary amides is 1. The van der Waals surface area contributed by atoms with Crippen molar-refractivity contribution in [1.82, 2.24) is 9.78 Å². The Kier molecular flexibility index (Phi) is 3.66. The highest BCUT2D eigenvalue weighted by molar-refractivity contribution is 5.92. The number of benzene rings is 1. The van der Waals surface area contributed by atoms with Crippen molar-refractivity contribution in [2.75, 3.05) is 0 Å². The van der Waals surface area contributed by atoms with E-state index in [1.54, 1.807) is 10.9 Å². The summed E-state index contributed by atoms with van der Waals surface area (Å²) in [4.78, 5) is 11.1. The second kappa shape index (κ2) is 5.24. The molecule has 0 bridgehead atoms. The van der Waals surface area contributed by atoms with Crippen LogP contribution in [-0.2, 0) is 0 Å². The molecule has 0 aliphatic rings. The normalized spacial score (nSPS) is 14.1. The van der Waals surface area contributed by atoms with Gasteiger partial charge in [-0.15, -0.1) is 0 Å². The van der Waals surface area contributed by atoms with Gasteiger partial charge < -0.3 is 11.5 Å². The molecule has 2 aromatic rings. The van der Waals surface area contributed by atoms with Crippen LogP contribution < -0.4 is 11.5 Å². The van der Waals surface area contributed by atoms with E-state index in [0.717, 1.165) is 11.1 Å². The van der Waals surface area contributed by atoms with Crippen molar-refractivity contribution >= 4 is 5.91 Å². The van der Waals surface area contributed by atoms with Crippen LogP contribution in [-0.4, -0.2) is 21.7 Å². The van der Waals surface area contributed by atoms with Crippen LogP contribution in [0.4, 0.5) is 0 Å². The van der Waals surface area contributed by atoms with Crippen LogP contribution in [0.1, 0.15) is 34.5 Å². The monoisotopic (exact) mass is 258 g/mol. The van der Waals surface area contributed by atoms with Gasteiger partial charge in [0.25, 0.3) is 5.91 Å². The molecule has 1 aromatic heterocycles. The zero-order valence-corrected chi connectivity index (χ0v) is 11.1. The maximum Gasteiger partial charge on any atom is 0.251 e. The highest BCUT2D eigenvalue weighted by Gasteiger charge is 2.20. The molecule has 2 rings (SSSR count). The lowest BCUT2D eigenvalue weighted by Gasteiger charge is -2.22. The number of carbonyl (C=O) groups excluding carboxylic acids is 1. The van der Waals surface area contributed by atoms with Crippen LogP contribution in [0.2, 0.25) is 0 Å². The van der Waals surface area contributed by atoms with Crippen molar-refractivity contribution in [3.63, 3.8) is 0 Å². The van der Waals surface area contributed by atoms with E-state index in [0.29, 0.717) is 5.56 Å². The number of aryl methyl sites for hydroxylation is 1. The molecular weight excluding hydrogens is 240 g/mol. The third kappa shape index (κ3) is 2.82. The second-order valence-electron chi connectivity index (χ2n) is 4.79. The Labute approximate surface area is 112 Å². The number of amides is 1. The first-order valence-corrected chi connectivity index (χ1v) is 6.15. The number of rotatable bonds is 4. The van der Waals surface area contributed by atoms with Crippen molar-refractivity contribution in [3.8, 4) is 0 Å². The SMILES string of the molecule is Cc1cccc(C(C(C)N)n2cc(C(N)=O)cn2)c1. The summed E-state index contributed by atoms with van der Waals surface area (Å²) < 4.78 is 1.69. The smallest absolute Gasteiger partial charge is 0.251 e. The van der Waals surface area contributed by atoms with E-state index < -0.39 is 5.91 Å². The van der Waals surface area contributed by atoms with Crippen molar-refractivity contribution in [2.45, 2.75) is 25.9 Å². The van der Waals surface area contributed by atoms with E-state index in [2.05, 4.69) is 11.2 Å². The van der Waals surface area contributed by atoms with Gasteiger partial charge in [-0.05, 0) is 19.4 Å². The fourth-order valence-electron chi connectivity index (χ4n) is 2.17. The van der Waals surface area contributed by atoms with Gasteiger partial charge in [0.15, 0.2) is 0 Å². The van der Waals surface area contributed by atoms with Crippen LogP contribution in [0.15, 0.2) is 36.7 Å². The van der Waals surface area contributed by atoms with E-state index in [1.165, 1.54) is 6.20 Å².